The molecule has 0 aliphatic heterocycles. The molecule has 3 N–H and O–H groups in total. The number of amides is 1. The third kappa shape index (κ3) is 2.38. The Labute approximate surface area is 109 Å². The molecule has 6 nitrogen and oxygen atoms in total. The van der Waals surface area contributed by atoms with Crippen LogP contribution in [0, 0.1) is 0 Å². The van der Waals surface area contributed by atoms with Crippen molar-refractivity contribution in [1.82, 2.24) is 5.32 Å². The van der Waals surface area contributed by atoms with Crippen LogP contribution in [0.5, 0.6) is 5.75 Å². The average Bonchev–Trinajstić information content (AvgIpc) is 2.35. The summed E-state index contributed by atoms with van der Waals surface area (Å²) in [5, 5.41) is 12.9. The van der Waals surface area contributed by atoms with E-state index in [1.807, 2.05) is 0 Å². The second kappa shape index (κ2) is 4.52. The maximum atomic E-state index is 11.7. The fourth-order valence-corrected chi connectivity index (χ4v) is 2.39. The van der Waals surface area contributed by atoms with Crippen molar-refractivity contribution in [2.24, 2.45) is 0 Å². The normalized spacial score (nSPS) is 11.5. The molecule has 0 saturated heterocycles. The van der Waals surface area contributed by atoms with Crippen LogP contribution < -0.4 is 5.32 Å². The molecule has 2 rings (SSSR count). The summed E-state index contributed by atoms with van der Waals surface area (Å²) in [6.07, 6.45) is 0. The van der Waals surface area contributed by atoms with Crippen LogP contribution in [0.4, 0.5) is 0 Å². The predicted octanol–water partition coefficient (Wildman–Crippen LogP) is 1.15. The maximum Gasteiger partial charge on any atom is 0.294 e. The van der Waals surface area contributed by atoms with Gasteiger partial charge < -0.3 is 10.4 Å². The van der Waals surface area contributed by atoms with Gasteiger partial charge in [0.15, 0.2) is 0 Å². The number of aromatic hydroxyl groups is 1. The van der Waals surface area contributed by atoms with E-state index in [1.165, 1.54) is 25.2 Å². The highest BCUT2D eigenvalue weighted by molar-refractivity contribution is 7.85. The summed E-state index contributed by atoms with van der Waals surface area (Å²) in [6, 6.07) is 6.70. The van der Waals surface area contributed by atoms with Gasteiger partial charge >= 0.3 is 0 Å². The van der Waals surface area contributed by atoms with Crippen LogP contribution in [-0.4, -0.2) is 31.0 Å². The topological polar surface area (TPSA) is 104 Å². The zero-order valence-corrected chi connectivity index (χ0v) is 10.7. The van der Waals surface area contributed by atoms with Crippen LogP contribution >= 0.6 is 0 Å². The molecule has 2 aromatic carbocycles. The van der Waals surface area contributed by atoms with Gasteiger partial charge in [-0.2, -0.15) is 8.42 Å². The summed E-state index contributed by atoms with van der Waals surface area (Å²) in [6.45, 7) is 0. The molecule has 19 heavy (non-hydrogen) atoms. The van der Waals surface area contributed by atoms with E-state index < -0.39 is 20.9 Å². The first-order valence-corrected chi connectivity index (χ1v) is 6.74. The number of rotatable bonds is 2. The van der Waals surface area contributed by atoms with Gasteiger partial charge in [-0.25, -0.2) is 0 Å². The predicted molar refractivity (Wildman–Crippen MR) is 68.8 cm³/mol. The molecule has 100 valence electrons. The van der Waals surface area contributed by atoms with Gasteiger partial charge in [-0.1, -0.05) is 12.1 Å². The molecular weight excluding hydrogens is 270 g/mol. The highest BCUT2D eigenvalue weighted by Gasteiger charge is 2.17. The quantitative estimate of drug-likeness (QED) is 0.716. The van der Waals surface area contributed by atoms with E-state index in [9.17, 15) is 18.3 Å². The number of phenols is 1. The molecule has 0 spiro atoms. The van der Waals surface area contributed by atoms with E-state index >= 15 is 0 Å². The van der Waals surface area contributed by atoms with Crippen molar-refractivity contribution in [1.29, 1.82) is 0 Å². The third-order valence-electron chi connectivity index (χ3n) is 2.70. The molecule has 0 bridgehead atoms. The monoisotopic (exact) mass is 281 g/mol. The standard InChI is InChI=1S/C12H11NO5S/c1-13-12(15)9-4-2-3-7-5-8(19(16,17)18)6-10(14)11(7)9/h2-6,14H,1H3,(H,13,15)(H,16,17,18). The van der Waals surface area contributed by atoms with E-state index in [0.717, 1.165) is 6.07 Å². The molecule has 0 atom stereocenters. The van der Waals surface area contributed by atoms with Crippen LogP contribution in [0.1, 0.15) is 10.4 Å². The Morgan fingerprint density at radius 1 is 1.26 bits per heavy atom. The van der Waals surface area contributed by atoms with Crippen LogP contribution in [0.3, 0.4) is 0 Å². The molecule has 0 unspecified atom stereocenters. The zero-order chi connectivity index (χ0) is 14.2. The lowest BCUT2D eigenvalue weighted by Crippen LogP contribution is -2.18. The summed E-state index contributed by atoms with van der Waals surface area (Å²) >= 11 is 0. The molecule has 2 aromatic rings. The zero-order valence-electron chi connectivity index (χ0n) is 9.91. The first kappa shape index (κ1) is 13.3. The molecule has 1 amide bonds. The second-order valence-electron chi connectivity index (χ2n) is 3.90. The Kier molecular flexibility index (Phi) is 3.17. The lowest BCUT2D eigenvalue weighted by molar-refractivity contribution is 0.0964. The first-order valence-electron chi connectivity index (χ1n) is 5.30. The van der Waals surface area contributed by atoms with E-state index in [1.54, 1.807) is 6.07 Å². The molecule has 0 aromatic heterocycles. The first-order chi connectivity index (χ1) is 8.84. The van der Waals surface area contributed by atoms with Crippen LogP contribution in [0.2, 0.25) is 0 Å². The lowest BCUT2D eigenvalue weighted by atomic mass is 10.0. The van der Waals surface area contributed by atoms with Gasteiger partial charge in [-0.15, -0.1) is 0 Å². The maximum absolute atomic E-state index is 11.7. The van der Waals surface area contributed by atoms with Gasteiger partial charge in [-0.3, -0.25) is 9.35 Å². The second-order valence-corrected chi connectivity index (χ2v) is 5.32. The molecule has 0 radical (unpaired) electrons. The van der Waals surface area contributed by atoms with Crippen molar-refractivity contribution < 1.29 is 22.9 Å². The third-order valence-corrected chi connectivity index (χ3v) is 3.53. The molecule has 0 aliphatic carbocycles. The molecule has 0 fully saturated rings. The number of fused-ring (bicyclic) bond motifs is 1. The summed E-state index contributed by atoms with van der Waals surface area (Å²) in [7, 11) is -2.97. The SMILES string of the molecule is CNC(=O)c1cccc2cc(S(=O)(=O)O)cc(O)c12. The molecule has 0 heterocycles. The number of hydrogen-bond acceptors (Lipinski definition) is 4. The minimum absolute atomic E-state index is 0.222. The van der Waals surface area contributed by atoms with Gasteiger partial charge in [0, 0.05) is 18.5 Å². The van der Waals surface area contributed by atoms with Crippen molar-refractivity contribution in [3.05, 3.63) is 35.9 Å². The van der Waals surface area contributed by atoms with E-state index in [0.29, 0.717) is 5.39 Å². The van der Waals surface area contributed by atoms with Gasteiger partial charge in [-0.05, 0) is 17.5 Å². The number of carbonyl (C=O) groups is 1. The van der Waals surface area contributed by atoms with Crippen molar-refractivity contribution in [3.8, 4) is 5.75 Å². The molecule has 0 saturated carbocycles. The Balaban J connectivity index is 2.84. The smallest absolute Gasteiger partial charge is 0.294 e. The van der Waals surface area contributed by atoms with Gasteiger partial charge in [0.1, 0.15) is 5.75 Å². The molecular formula is C12H11NO5S. The molecule has 7 heteroatoms. The number of phenolic OH excluding ortho intramolecular Hbond substituents is 1. The average molecular weight is 281 g/mol. The van der Waals surface area contributed by atoms with Crippen LogP contribution in [0.15, 0.2) is 35.2 Å². The van der Waals surface area contributed by atoms with E-state index in [-0.39, 0.29) is 16.7 Å². The molecule has 0 aliphatic rings. The summed E-state index contributed by atoms with van der Waals surface area (Å²) in [5.41, 5.74) is 0.222. The highest BCUT2D eigenvalue weighted by Crippen LogP contribution is 2.31. The number of carbonyl (C=O) groups excluding carboxylic acids is 1. The van der Waals surface area contributed by atoms with Crippen LogP contribution in [0.25, 0.3) is 10.8 Å². The fraction of sp³-hybridized carbons (Fsp3) is 0.0833. The lowest BCUT2D eigenvalue weighted by Gasteiger charge is -2.08. The van der Waals surface area contributed by atoms with Crippen molar-refractivity contribution >= 4 is 26.8 Å². The van der Waals surface area contributed by atoms with Gasteiger partial charge in [0.2, 0.25) is 0 Å². The van der Waals surface area contributed by atoms with Gasteiger partial charge in [0.25, 0.3) is 16.0 Å². The van der Waals surface area contributed by atoms with Crippen LogP contribution in [-0.2, 0) is 10.1 Å². The van der Waals surface area contributed by atoms with Crippen molar-refractivity contribution in [2.75, 3.05) is 7.05 Å². The summed E-state index contributed by atoms with van der Waals surface area (Å²) in [4.78, 5) is 11.2. The van der Waals surface area contributed by atoms with Crippen molar-refractivity contribution in [3.63, 3.8) is 0 Å². The Hall–Kier alpha value is -2.12. The summed E-state index contributed by atoms with van der Waals surface area (Å²) < 4.78 is 31.1. The number of hydrogen-bond donors (Lipinski definition) is 3. The highest BCUT2D eigenvalue weighted by atomic mass is 32.2. The number of nitrogens with one attached hydrogen (secondary N) is 1. The minimum Gasteiger partial charge on any atom is -0.507 e. The summed E-state index contributed by atoms with van der Waals surface area (Å²) in [5.74, 6) is -0.787. The van der Waals surface area contributed by atoms with E-state index in [2.05, 4.69) is 5.32 Å². The Morgan fingerprint density at radius 2 is 1.95 bits per heavy atom. The van der Waals surface area contributed by atoms with E-state index in [4.69, 9.17) is 4.55 Å². The van der Waals surface area contributed by atoms with Gasteiger partial charge in [0.05, 0.1) is 10.5 Å². The largest absolute Gasteiger partial charge is 0.507 e. The Morgan fingerprint density at radius 3 is 2.53 bits per heavy atom. The fourth-order valence-electron chi connectivity index (χ4n) is 1.85. The number of benzene rings is 2. The Bertz CT molecular complexity index is 767. The minimum atomic E-state index is -4.42. The van der Waals surface area contributed by atoms with Crippen molar-refractivity contribution in [2.45, 2.75) is 4.90 Å².